The molecule has 2 aromatic heterocycles. The van der Waals surface area contributed by atoms with Crippen molar-refractivity contribution >= 4 is 10.8 Å². The number of pyridine rings is 1. The lowest BCUT2D eigenvalue weighted by Crippen LogP contribution is -2.00. The van der Waals surface area contributed by atoms with Gasteiger partial charge >= 0.3 is 0 Å². The minimum Gasteiger partial charge on any atom is -0.248 e. The number of hydrogen-bond donors (Lipinski definition) is 0. The van der Waals surface area contributed by atoms with Crippen LogP contribution in [0.1, 0.15) is 0 Å². The molecule has 0 atom stereocenters. The average Bonchev–Trinajstić information content (AvgIpc) is 3.32. The zero-order valence-electron chi connectivity index (χ0n) is 31.6. The van der Waals surface area contributed by atoms with Gasteiger partial charge in [-0.15, -0.1) is 0 Å². The van der Waals surface area contributed by atoms with Crippen molar-refractivity contribution in [2.45, 2.75) is 0 Å². The molecule has 0 saturated heterocycles. The Hall–Kier alpha value is -7.82. The monoisotopic (exact) mass is 740 g/mol. The molecule has 0 saturated carbocycles. The highest BCUT2D eigenvalue weighted by molar-refractivity contribution is 5.99. The SMILES string of the molecule is c1ccc(-c2cc(-c3ccccc3)nc(-c3ccc(-c4cccc5ccc(-c6ccc(-c7nc(-c8ccccc8)nc(-c8ccccc8)n7)cc6)cc45)cc3)c2)cc1. The maximum absolute atomic E-state index is 5.15. The van der Waals surface area contributed by atoms with Crippen molar-refractivity contribution in [2.24, 2.45) is 0 Å². The van der Waals surface area contributed by atoms with Crippen LogP contribution in [0.3, 0.4) is 0 Å². The van der Waals surface area contributed by atoms with Crippen LogP contribution in [0.2, 0.25) is 0 Å². The average molecular weight is 741 g/mol. The first-order valence-electron chi connectivity index (χ1n) is 19.5. The third kappa shape index (κ3) is 7.07. The van der Waals surface area contributed by atoms with Gasteiger partial charge in [-0.1, -0.05) is 200 Å². The zero-order chi connectivity index (χ0) is 38.7. The zero-order valence-corrected chi connectivity index (χ0v) is 31.6. The highest BCUT2D eigenvalue weighted by Crippen LogP contribution is 2.36. The van der Waals surface area contributed by atoms with Gasteiger partial charge in [0.15, 0.2) is 17.5 Å². The molecule has 0 aliphatic heterocycles. The van der Waals surface area contributed by atoms with Crippen LogP contribution in [-0.2, 0) is 0 Å². The molecule has 272 valence electrons. The summed E-state index contributed by atoms with van der Waals surface area (Å²) in [5, 5.41) is 2.39. The van der Waals surface area contributed by atoms with Gasteiger partial charge in [0.25, 0.3) is 0 Å². The fraction of sp³-hybridized carbons (Fsp3) is 0. The summed E-state index contributed by atoms with van der Waals surface area (Å²) in [6.45, 7) is 0. The summed E-state index contributed by atoms with van der Waals surface area (Å²) in [5.41, 5.74) is 13.8. The van der Waals surface area contributed by atoms with E-state index in [2.05, 4.69) is 152 Å². The Morgan fingerprint density at radius 2 is 0.621 bits per heavy atom. The Labute approximate surface area is 337 Å². The minimum absolute atomic E-state index is 0.641. The Morgan fingerprint density at radius 3 is 1.17 bits per heavy atom. The molecule has 0 unspecified atom stereocenters. The van der Waals surface area contributed by atoms with Crippen LogP contribution in [0.15, 0.2) is 218 Å². The van der Waals surface area contributed by atoms with Gasteiger partial charge in [0.2, 0.25) is 0 Å². The first kappa shape index (κ1) is 34.7. The number of rotatable bonds is 8. The number of aromatic nitrogens is 4. The molecule has 2 heterocycles. The molecule has 4 nitrogen and oxygen atoms in total. The summed E-state index contributed by atoms with van der Waals surface area (Å²) in [6, 6.07) is 76.0. The van der Waals surface area contributed by atoms with E-state index in [9.17, 15) is 0 Å². The molecule has 0 aliphatic rings. The van der Waals surface area contributed by atoms with Crippen LogP contribution in [0.4, 0.5) is 0 Å². The predicted molar refractivity (Wildman–Crippen MR) is 239 cm³/mol. The quantitative estimate of drug-likeness (QED) is 0.156. The second-order valence-corrected chi connectivity index (χ2v) is 14.3. The van der Waals surface area contributed by atoms with Crippen LogP contribution in [-0.4, -0.2) is 19.9 Å². The highest BCUT2D eigenvalue weighted by Gasteiger charge is 2.14. The van der Waals surface area contributed by atoms with E-state index >= 15 is 0 Å². The van der Waals surface area contributed by atoms with Crippen molar-refractivity contribution in [3.63, 3.8) is 0 Å². The lowest BCUT2D eigenvalue weighted by molar-refractivity contribution is 1.07. The third-order valence-electron chi connectivity index (χ3n) is 10.6. The van der Waals surface area contributed by atoms with E-state index < -0.39 is 0 Å². The molecule has 58 heavy (non-hydrogen) atoms. The molecule has 10 aromatic rings. The second-order valence-electron chi connectivity index (χ2n) is 14.3. The van der Waals surface area contributed by atoms with E-state index in [0.29, 0.717) is 17.5 Å². The van der Waals surface area contributed by atoms with Crippen molar-refractivity contribution in [3.05, 3.63) is 218 Å². The molecule has 0 radical (unpaired) electrons. The standard InChI is InChI=1S/C54H36N4/c1-5-14-37(15-6-1)47-35-50(41-16-7-2-8-17-41)55-51(36-47)42-29-26-40(27-30-42)48-23-13-22-39-28-33-46(34-49(39)48)38-24-31-45(32-25-38)54-57-52(43-18-9-3-10-19-43)56-53(58-54)44-20-11-4-12-21-44/h1-36H. The first-order valence-corrected chi connectivity index (χ1v) is 19.5. The van der Waals surface area contributed by atoms with E-state index in [1.807, 2.05) is 66.7 Å². The molecule has 0 N–H and O–H groups in total. The summed E-state index contributed by atoms with van der Waals surface area (Å²) in [7, 11) is 0. The van der Waals surface area contributed by atoms with Gasteiger partial charge in [-0.3, -0.25) is 0 Å². The van der Waals surface area contributed by atoms with Crippen molar-refractivity contribution in [3.8, 4) is 90.1 Å². The summed E-state index contributed by atoms with van der Waals surface area (Å²) in [6.07, 6.45) is 0. The van der Waals surface area contributed by atoms with Gasteiger partial charge in [0.05, 0.1) is 11.4 Å². The smallest absolute Gasteiger partial charge is 0.164 e. The summed E-state index contributed by atoms with van der Waals surface area (Å²) < 4.78 is 0. The normalized spacial score (nSPS) is 11.1. The van der Waals surface area contributed by atoms with Gasteiger partial charge in [-0.25, -0.2) is 19.9 Å². The Balaban J connectivity index is 0.976. The van der Waals surface area contributed by atoms with Gasteiger partial charge in [-0.2, -0.15) is 0 Å². The Kier molecular flexibility index (Phi) is 9.18. The Morgan fingerprint density at radius 1 is 0.224 bits per heavy atom. The summed E-state index contributed by atoms with van der Waals surface area (Å²) >= 11 is 0. The lowest BCUT2D eigenvalue weighted by atomic mass is 9.93. The van der Waals surface area contributed by atoms with Crippen molar-refractivity contribution < 1.29 is 0 Å². The molecular weight excluding hydrogens is 705 g/mol. The number of nitrogens with zero attached hydrogens (tertiary/aromatic N) is 4. The number of fused-ring (bicyclic) bond motifs is 1. The van der Waals surface area contributed by atoms with Crippen molar-refractivity contribution in [1.29, 1.82) is 0 Å². The maximum Gasteiger partial charge on any atom is 0.164 e. The number of benzene rings is 8. The molecule has 4 heteroatoms. The molecule has 0 aliphatic carbocycles. The topological polar surface area (TPSA) is 51.6 Å². The summed E-state index contributed by atoms with van der Waals surface area (Å²) in [5.74, 6) is 1.94. The first-order chi connectivity index (χ1) is 28.7. The fourth-order valence-electron chi connectivity index (χ4n) is 7.51. The lowest BCUT2D eigenvalue weighted by Gasteiger charge is -2.12. The van der Waals surface area contributed by atoms with E-state index in [0.717, 1.165) is 61.5 Å². The van der Waals surface area contributed by atoms with Gasteiger partial charge in [0.1, 0.15) is 0 Å². The molecule has 0 amide bonds. The van der Waals surface area contributed by atoms with Crippen molar-refractivity contribution in [2.75, 3.05) is 0 Å². The van der Waals surface area contributed by atoms with Crippen LogP contribution in [0.5, 0.6) is 0 Å². The fourth-order valence-corrected chi connectivity index (χ4v) is 7.51. The van der Waals surface area contributed by atoms with Gasteiger partial charge in [-0.05, 0) is 62.4 Å². The molecule has 0 fully saturated rings. The molecular formula is C54H36N4. The minimum atomic E-state index is 0.641. The Bertz CT molecular complexity index is 2890. The molecule has 0 spiro atoms. The number of hydrogen-bond acceptors (Lipinski definition) is 4. The molecule has 10 rings (SSSR count). The van der Waals surface area contributed by atoms with Crippen molar-refractivity contribution in [1.82, 2.24) is 19.9 Å². The second kappa shape index (κ2) is 15.4. The van der Waals surface area contributed by atoms with Crippen LogP contribution in [0, 0.1) is 0 Å². The predicted octanol–water partition coefficient (Wildman–Crippen LogP) is 13.8. The van der Waals surface area contributed by atoms with E-state index in [4.69, 9.17) is 19.9 Å². The molecule has 8 aromatic carbocycles. The highest BCUT2D eigenvalue weighted by atomic mass is 15.0. The van der Waals surface area contributed by atoms with Crippen LogP contribution < -0.4 is 0 Å². The van der Waals surface area contributed by atoms with Gasteiger partial charge in [0, 0.05) is 27.8 Å². The maximum atomic E-state index is 5.15. The van der Waals surface area contributed by atoms with Crippen LogP contribution in [0.25, 0.3) is 101 Å². The van der Waals surface area contributed by atoms with Crippen LogP contribution >= 0.6 is 0 Å². The largest absolute Gasteiger partial charge is 0.248 e. The summed E-state index contributed by atoms with van der Waals surface area (Å²) in [4.78, 5) is 19.8. The van der Waals surface area contributed by atoms with E-state index in [-0.39, 0.29) is 0 Å². The van der Waals surface area contributed by atoms with Gasteiger partial charge < -0.3 is 0 Å². The van der Waals surface area contributed by atoms with E-state index in [1.165, 1.54) is 21.9 Å². The van der Waals surface area contributed by atoms with E-state index in [1.54, 1.807) is 0 Å². The molecule has 0 bridgehead atoms. The third-order valence-corrected chi connectivity index (χ3v) is 10.6.